The first kappa shape index (κ1) is 17.5. The second-order valence-electron chi connectivity index (χ2n) is 5.70. The molecule has 0 heterocycles. The van der Waals surface area contributed by atoms with Crippen LogP contribution in [0.5, 0.6) is 5.75 Å². The highest BCUT2D eigenvalue weighted by atomic mass is 16.5. The van der Waals surface area contributed by atoms with Crippen molar-refractivity contribution in [1.82, 2.24) is 5.43 Å². The van der Waals surface area contributed by atoms with Gasteiger partial charge in [-0.25, -0.2) is 5.43 Å². The van der Waals surface area contributed by atoms with Gasteiger partial charge in [0.2, 0.25) is 0 Å². The van der Waals surface area contributed by atoms with Crippen molar-refractivity contribution in [2.24, 2.45) is 5.10 Å². The number of hydrazone groups is 1. The maximum Gasteiger partial charge on any atom is 0.259 e. The van der Waals surface area contributed by atoms with Gasteiger partial charge in [-0.1, -0.05) is 38.1 Å². The Labute approximate surface area is 142 Å². The largest absolute Gasteiger partial charge is 0.497 e. The number of hydrogen-bond donors (Lipinski definition) is 2. The summed E-state index contributed by atoms with van der Waals surface area (Å²) >= 11 is 0. The van der Waals surface area contributed by atoms with Crippen LogP contribution in [0, 0.1) is 0 Å². The highest BCUT2D eigenvalue weighted by Gasteiger charge is 2.00. The average Bonchev–Trinajstić information content (AvgIpc) is 2.61. The molecule has 0 unspecified atom stereocenters. The van der Waals surface area contributed by atoms with Crippen LogP contribution in [0.2, 0.25) is 0 Å². The molecule has 5 heteroatoms. The number of carbonyl (C=O) groups is 1. The molecule has 0 spiro atoms. The lowest BCUT2D eigenvalue weighted by Gasteiger charge is -2.06. The van der Waals surface area contributed by atoms with E-state index in [1.165, 1.54) is 5.56 Å². The highest BCUT2D eigenvalue weighted by molar-refractivity contribution is 5.84. The second kappa shape index (κ2) is 8.72. The normalized spacial score (nSPS) is 10.8. The van der Waals surface area contributed by atoms with Crippen molar-refractivity contribution in [2.45, 2.75) is 19.8 Å². The third-order valence-electron chi connectivity index (χ3n) is 3.55. The van der Waals surface area contributed by atoms with Crippen LogP contribution in [0.15, 0.2) is 53.6 Å². The first-order chi connectivity index (χ1) is 11.6. The summed E-state index contributed by atoms with van der Waals surface area (Å²) in [5, 5.41) is 6.99. The first-order valence-electron chi connectivity index (χ1n) is 7.88. The van der Waals surface area contributed by atoms with Crippen molar-refractivity contribution in [3.63, 3.8) is 0 Å². The molecule has 2 N–H and O–H groups in total. The Kier molecular flexibility index (Phi) is 6.37. The number of benzene rings is 2. The molecule has 0 radical (unpaired) electrons. The van der Waals surface area contributed by atoms with Gasteiger partial charge in [-0.3, -0.25) is 4.79 Å². The van der Waals surface area contributed by atoms with Gasteiger partial charge in [0.15, 0.2) is 0 Å². The second-order valence-corrected chi connectivity index (χ2v) is 5.70. The highest BCUT2D eigenvalue weighted by Crippen LogP contribution is 2.15. The van der Waals surface area contributed by atoms with Crippen LogP contribution in [-0.2, 0) is 4.79 Å². The van der Waals surface area contributed by atoms with Gasteiger partial charge in [0.05, 0.1) is 19.9 Å². The van der Waals surface area contributed by atoms with Gasteiger partial charge in [0.1, 0.15) is 5.75 Å². The lowest BCUT2D eigenvalue weighted by atomic mass is 10.0. The van der Waals surface area contributed by atoms with Gasteiger partial charge in [-0.05, 0) is 41.3 Å². The molecule has 2 rings (SSSR count). The molecule has 0 atom stereocenters. The molecule has 0 aliphatic carbocycles. The molecular weight excluding hydrogens is 302 g/mol. The van der Waals surface area contributed by atoms with Crippen molar-refractivity contribution in [3.8, 4) is 5.75 Å². The standard InChI is InChI=1S/C19H23N3O2/c1-14(2)16-6-4-15(5-7-16)12-21-22-19(23)13-20-17-8-10-18(24-3)11-9-17/h4-12,14,20H,13H2,1-3H3,(H,22,23)/b21-12-. The number of rotatable bonds is 7. The van der Waals surface area contributed by atoms with Crippen LogP contribution in [-0.4, -0.2) is 25.8 Å². The molecule has 0 aliphatic rings. The smallest absolute Gasteiger partial charge is 0.259 e. The third kappa shape index (κ3) is 5.43. The number of amides is 1. The molecule has 0 saturated carbocycles. The summed E-state index contributed by atoms with van der Waals surface area (Å²) in [7, 11) is 1.62. The number of nitrogens with one attached hydrogen (secondary N) is 2. The van der Waals surface area contributed by atoms with E-state index in [0.29, 0.717) is 5.92 Å². The Balaban J connectivity index is 1.77. The van der Waals surface area contributed by atoms with Gasteiger partial charge in [0.25, 0.3) is 5.91 Å². The van der Waals surface area contributed by atoms with Crippen molar-refractivity contribution in [2.75, 3.05) is 19.0 Å². The molecule has 2 aromatic carbocycles. The van der Waals surface area contributed by atoms with E-state index >= 15 is 0 Å². The zero-order chi connectivity index (χ0) is 17.4. The van der Waals surface area contributed by atoms with Crippen molar-refractivity contribution in [1.29, 1.82) is 0 Å². The minimum absolute atomic E-state index is 0.149. The molecule has 24 heavy (non-hydrogen) atoms. The number of methoxy groups -OCH3 is 1. The van der Waals surface area contributed by atoms with E-state index in [9.17, 15) is 4.79 Å². The molecule has 126 valence electrons. The Hall–Kier alpha value is -2.82. The maximum absolute atomic E-state index is 11.8. The lowest BCUT2D eigenvalue weighted by Crippen LogP contribution is -2.25. The van der Waals surface area contributed by atoms with E-state index in [0.717, 1.165) is 17.0 Å². The van der Waals surface area contributed by atoms with Gasteiger partial charge in [0, 0.05) is 5.69 Å². The Morgan fingerprint density at radius 3 is 2.38 bits per heavy atom. The summed E-state index contributed by atoms with van der Waals surface area (Å²) in [4.78, 5) is 11.8. The minimum atomic E-state index is -0.208. The fourth-order valence-electron chi connectivity index (χ4n) is 2.08. The van der Waals surface area contributed by atoms with E-state index in [-0.39, 0.29) is 12.5 Å². The quantitative estimate of drug-likeness (QED) is 0.606. The zero-order valence-electron chi connectivity index (χ0n) is 14.2. The first-order valence-corrected chi connectivity index (χ1v) is 7.88. The van der Waals surface area contributed by atoms with Crippen molar-refractivity contribution >= 4 is 17.8 Å². The summed E-state index contributed by atoms with van der Waals surface area (Å²) in [6, 6.07) is 15.5. The summed E-state index contributed by atoms with van der Waals surface area (Å²) in [5.74, 6) is 1.07. The number of carbonyl (C=O) groups excluding carboxylic acids is 1. The molecule has 0 aliphatic heterocycles. The number of ether oxygens (including phenoxy) is 1. The Bertz CT molecular complexity index is 677. The maximum atomic E-state index is 11.8. The average molecular weight is 325 g/mol. The Morgan fingerprint density at radius 2 is 1.79 bits per heavy atom. The number of nitrogens with zero attached hydrogens (tertiary/aromatic N) is 1. The van der Waals surface area contributed by atoms with Crippen LogP contribution in [0.4, 0.5) is 5.69 Å². The molecule has 0 bridgehead atoms. The van der Waals surface area contributed by atoms with E-state index in [1.54, 1.807) is 13.3 Å². The molecular formula is C19H23N3O2. The third-order valence-corrected chi connectivity index (χ3v) is 3.55. The molecule has 1 amide bonds. The Morgan fingerprint density at radius 1 is 1.12 bits per heavy atom. The molecule has 2 aromatic rings. The summed E-state index contributed by atoms with van der Waals surface area (Å²) in [6.45, 7) is 4.45. The van der Waals surface area contributed by atoms with E-state index in [2.05, 4.69) is 41.8 Å². The molecule has 0 saturated heterocycles. The lowest BCUT2D eigenvalue weighted by molar-refractivity contribution is -0.119. The van der Waals surface area contributed by atoms with Crippen molar-refractivity contribution < 1.29 is 9.53 Å². The molecule has 5 nitrogen and oxygen atoms in total. The number of anilines is 1. The SMILES string of the molecule is COc1ccc(NCC(=O)N/N=C\c2ccc(C(C)C)cc2)cc1. The van der Waals surface area contributed by atoms with E-state index in [4.69, 9.17) is 4.74 Å². The van der Waals surface area contributed by atoms with Gasteiger partial charge >= 0.3 is 0 Å². The van der Waals surface area contributed by atoms with Crippen LogP contribution in [0.25, 0.3) is 0 Å². The van der Waals surface area contributed by atoms with Gasteiger partial charge in [-0.15, -0.1) is 0 Å². The molecule has 0 aromatic heterocycles. The summed E-state index contributed by atoms with van der Waals surface area (Å²) in [6.07, 6.45) is 1.63. The fraction of sp³-hybridized carbons (Fsp3) is 0.263. The topological polar surface area (TPSA) is 62.7 Å². The minimum Gasteiger partial charge on any atom is -0.497 e. The molecule has 0 fully saturated rings. The van der Waals surface area contributed by atoms with Crippen LogP contribution >= 0.6 is 0 Å². The predicted octanol–water partition coefficient (Wildman–Crippen LogP) is 3.38. The summed E-state index contributed by atoms with van der Waals surface area (Å²) in [5.41, 5.74) is 5.58. The van der Waals surface area contributed by atoms with Crippen LogP contribution in [0.3, 0.4) is 0 Å². The monoisotopic (exact) mass is 325 g/mol. The van der Waals surface area contributed by atoms with Gasteiger partial charge < -0.3 is 10.1 Å². The van der Waals surface area contributed by atoms with Crippen LogP contribution < -0.4 is 15.5 Å². The summed E-state index contributed by atoms with van der Waals surface area (Å²) < 4.78 is 5.08. The zero-order valence-corrected chi connectivity index (χ0v) is 14.2. The predicted molar refractivity (Wildman–Crippen MR) is 97.8 cm³/mol. The number of hydrogen-bond acceptors (Lipinski definition) is 4. The van der Waals surface area contributed by atoms with Gasteiger partial charge in [-0.2, -0.15) is 5.10 Å². The van der Waals surface area contributed by atoms with E-state index in [1.807, 2.05) is 36.4 Å². The van der Waals surface area contributed by atoms with Crippen molar-refractivity contribution in [3.05, 3.63) is 59.7 Å². The van der Waals surface area contributed by atoms with E-state index < -0.39 is 0 Å². The van der Waals surface area contributed by atoms with Crippen LogP contribution in [0.1, 0.15) is 30.9 Å². The fourth-order valence-corrected chi connectivity index (χ4v) is 2.08.